The van der Waals surface area contributed by atoms with E-state index >= 15 is 0 Å². The molecule has 0 aromatic carbocycles. The van der Waals surface area contributed by atoms with E-state index in [-0.39, 0.29) is 0 Å². The van der Waals surface area contributed by atoms with Crippen LogP contribution >= 0.6 is 0 Å². The smallest absolute Gasteiger partial charge is 0.0360 e. The third-order valence-corrected chi connectivity index (χ3v) is 3.48. The lowest BCUT2D eigenvalue weighted by atomic mass is 9.83. The summed E-state index contributed by atoms with van der Waals surface area (Å²) in [7, 11) is 0. The molecule has 11 heavy (non-hydrogen) atoms. The van der Waals surface area contributed by atoms with Crippen LogP contribution in [0.15, 0.2) is 0 Å². The molecular formula is C11H22. The van der Waals surface area contributed by atoms with Gasteiger partial charge in [0.1, 0.15) is 0 Å². The fourth-order valence-electron chi connectivity index (χ4n) is 3.10. The van der Waals surface area contributed by atoms with Crippen molar-refractivity contribution < 1.29 is 0 Å². The molecule has 0 spiro atoms. The monoisotopic (exact) mass is 154 g/mol. The molecule has 0 heteroatoms. The van der Waals surface area contributed by atoms with Crippen molar-refractivity contribution in [3.63, 3.8) is 0 Å². The normalized spacial score (nSPS) is 46.9. The van der Waals surface area contributed by atoms with Gasteiger partial charge in [-0.15, -0.1) is 0 Å². The zero-order valence-electron chi connectivity index (χ0n) is 8.43. The first-order chi connectivity index (χ1) is 5.27. The molecule has 2 fully saturated rings. The second kappa shape index (κ2) is 3.60. The van der Waals surface area contributed by atoms with Crippen molar-refractivity contribution in [1.29, 1.82) is 0 Å². The summed E-state index contributed by atoms with van der Waals surface area (Å²) in [6.07, 6.45) is 4.63. The fraction of sp³-hybridized carbons (Fsp3) is 1.00. The fourth-order valence-corrected chi connectivity index (χ4v) is 3.10. The van der Waals surface area contributed by atoms with Gasteiger partial charge in [0.05, 0.1) is 0 Å². The van der Waals surface area contributed by atoms with Gasteiger partial charge in [-0.05, 0) is 42.9 Å². The first kappa shape index (κ1) is 9.09. The molecule has 2 aliphatic carbocycles. The molecule has 0 aliphatic heterocycles. The van der Waals surface area contributed by atoms with Crippen LogP contribution in [0.25, 0.3) is 0 Å². The van der Waals surface area contributed by atoms with Gasteiger partial charge in [-0.1, -0.05) is 27.7 Å². The molecule has 2 saturated carbocycles. The molecule has 0 nitrogen and oxygen atoms in total. The lowest BCUT2D eigenvalue weighted by Gasteiger charge is -2.23. The maximum Gasteiger partial charge on any atom is -0.0360 e. The van der Waals surface area contributed by atoms with Gasteiger partial charge in [0.25, 0.3) is 0 Å². The second-order valence-electron chi connectivity index (χ2n) is 4.19. The predicted octanol–water partition coefficient (Wildman–Crippen LogP) is 3.71. The van der Waals surface area contributed by atoms with Crippen LogP contribution in [0.4, 0.5) is 0 Å². The van der Waals surface area contributed by atoms with Gasteiger partial charge in [0.2, 0.25) is 0 Å². The molecule has 2 aliphatic rings. The average Bonchev–Trinajstić information content (AvgIpc) is 2.49. The van der Waals surface area contributed by atoms with Crippen LogP contribution in [-0.2, 0) is 0 Å². The molecule has 66 valence electrons. The molecule has 0 heterocycles. The van der Waals surface area contributed by atoms with Crippen molar-refractivity contribution in [3.05, 3.63) is 0 Å². The van der Waals surface area contributed by atoms with Crippen LogP contribution in [0.3, 0.4) is 0 Å². The minimum atomic E-state index is 1.05. The van der Waals surface area contributed by atoms with E-state index < -0.39 is 0 Å². The summed E-state index contributed by atoms with van der Waals surface area (Å²) in [6, 6.07) is 0. The maximum absolute atomic E-state index is 2.43. The van der Waals surface area contributed by atoms with E-state index in [0.717, 1.165) is 23.7 Å². The van der Waals surface area contributed by atoms with Crippen molar-refractivity contribution in [2.24, 2.45) is 23.7 Å². The molecule has 0 radical (unpaired) electrons. The second-order valence-corrected chi connectivity index (χ2v) is 4.19. The Balaban J connectivity index is 0.000000281. The first-order valence-corrected chi connectivity index (χ1v) is 5.27. The van der Waals surface area contributed by atoms with Crippen molar-refractivity contribution in [2.75, 3.05) is 0 Å². The highest BCUT2D eigenvalue weighted by Gasteiger charge is 2.41. The molecule has 0 amide bonds. The molecule has 2 bridgehead atoms. The van der Waals surface area contributed by atoms with Gasteiger partial charge in [0, 0.05) is 0 Å². The van der Waals surface area contributed by atoms with E-state index in [9.17, 15) is 0 Å². The molecule has 0 N–H and O–H groups in total. The first-order valence-electron chi connectivity index (χ1n) is 5.27. The van der Waals surface area contributed by atoms with E-state index in [0.29, 0.717) is 0 Å². The zero-order valence-corrected chi connectivity index (χ0v) is 8.43. The van der Waals surface area contributed by atoms with E-state index in [1.165, 1.54) is 12.8 Å². The maximum atomic E-state index is 2.43. The summed E-state index contributed by atoms with van der Waals surface area (Å²) in [5, 5.41) is 0. The molecule has 2 rings (SSSR count). The Morgan fingerprint density at radius 2 is 1.27 bits per heavy atom. The highest BCUT2D eigenvalue weighted by atomic mass is 14.5. The van der Waals surface area contributed by atoms with Crippen LogP contribution in [-0.4, -0.2) is 0 Å². The van der Waals surface area contributed by atoms with Gasteiger partial charge < -0.3 is 0 Å². The summed E-state index contributed by atoms with van der Waals surface area (Å²) < 4.78 is 0. The van der Waals surface area contributed by atoms with E-state index in [1.807, 2.05) is 13.8 Å². The average molecular weight is 154 g/mol. The molecule has 0 saturated heterocycles. The third-order valence-electron chi connectivity index (χ3n) is 3.48. The molecular weight excluding hydrogens is 132 g/mol. The van der Waals surface area contributed by atoms with E-state index in [2.05, 4.69) is 13.8 Å². The van der Waals surface area contributed by atoms with Gasteiger partial charge in [0.15, 0.2) is 0 Å². The number of fused-ring (bicyclic) bond motifs is 2. The SMILES string of the molecule is CC.CC1CC2CC(C)C1C2. The van der Waals surface area contributed by atoms with Crippen molar-refractivity contribution >= 4 is 0 Å². The van der Waals surface area contributed by atoms with Crippen molar-refractivity contribution in [3.8, 4) is 0 Å². The van der Waals surface area contributed by atoms with Gasteiger partial charge in [-0.3, -0.25) is 0 Å². The summed E-state index contributed by atoms with van der Waals surface area (Å²) in [5.74, 6) is 4.34. The molecule has 0 aromatic rings. The summed E-state index contributed by atoms with van der Waals surface area (Å²) in [5.41, 5.74) is 0. The third kappa shape index (κ3) is 1.60. The standard InChI is InChI=1S/C9H16.C2H6/c1-6-3-8-4-7(2)9(6)5-8;1-2/h6-9H,3-5H2,1-2H3;1-2H3. The Morgan fingerprint density at radius 3 is 1.45 bits per heavy atom. The predicted molar refractivity (Wildman–Crippen MR) is 50.5 cm³/mol. The lowest BCUT2D eigenvalue weighted by Crippen LogP contribution is -2.14. The van der Waals surface area contributed by atoms with Crippen LogP contribution in [0, 0.1) is 23.7 Å². The lowest BCUT2D eigenvalue weighted by molar-refractivity contribution is 0.272. The van der Waals surface area contributed by atoms with Crippen molar-refractivity contribution in [1.82, 2.24) is 0 Å². The highest BCUT2D eigenvalue weighted by molar-refractivity contribution is 4.91. The Labute approximate surface area is 71.4 Å². The van der Waals surface area contributed by atoms with Gasteiger partial charge >= 0.3 is 0 Å². The topological polar surface area (TPSA) is 0 Å². The number of rotatable bonds is 0. The van der Waals surface area contributed by atoms with Crippen LogP contribution in [0.2, 0.25) is 0 Å². The van der Waals surface area contributed by atoms with Gasteiger partial charge in [-0.2, -0.15) is 0 Å². The molecule has 2 atom stereocenters. The zero-order chi connectivity index (χ0) is 8.43. The van der Waals surface area contributed by atoms with Gasteiger partial charge in [-0.25, -0.2) is 0 Å². The summed E-state index contributed by atoms with van der Waals surface area (Å²) in [6.45, 7) is 8.86. The van der Waals surface area contributed by atoms with Crippen LogP contribution < -0.4 is 0 Å². The Morgan fingerprint density at radius 1 is 0.818 bits per heavy atom. The van der Waals surface area contributed by atoms with Crippen LogP contribution in [0.5, 0.6) is 0 Å². The minimum Gasteiger partial charge on any atom is -0.0683 e. The quantitative estimate of drug-likeness (QED) is 0.499. The van der Waals surface area contributed by atoms with E-state index in [1.54, 1.807) is 6.42 Å². The summed E-state index contributed by atoms with van der Waals surface area (Å²) >= 11 is 0. The largest absolute Gasteiger partial charge is 0.0683 e. The van der Waals surface area contributed by atoms with E-state index in [4.69, 9.17) is 0 Å². The minimum absolute atomic E-state index is 1.05. The summed E-state index contributed by atoms with van der Waals surface area (Å²) in [4.78, 5) is 0. The van der Waals surface area contributed by atoms with Crippen molar-refractivity contribution in [2.45, 2.75) is 47.0 Å². The molecule has 2 unspecified atom stereocenters. The molecule has 0 aromatic heterocycles. The van der Waals surface area contributed by atoms with Crippen LogP contribution in [0.1, 0.15) is 47.0 Å². The number of hydrogen-bond donors (Lipinski definition) is 0. The Bertz CT molecular complexity index is 105. The number of hydrogen-bond acceptors (Lipinski definition) is 0. The Kier molecular flexibility index (Phi) is 2.98. The Hall–Kier alpha value is 0. The highest BCUT2D eigenvalue weighted by Crippen LogP contribution is 2.51.